The van der Waals surface area contributed by atoms with Gasteiger partial charge in [0.1, 0.15) is 0 Å². The number of hydrogen-bond donors (Lipinski definition) is 2. The summed E-state index contributed by atoms with van der Waals surface area (Å²) in [4.78, 5) is 27.8. The van der Waals surface area contributed by atoms with Crippen LogP contribution in [0.2, 0.25) is 0 Å². The number of amides is 2. The highest BCUT2D eigenvalue weighted by Gasteiger charge is 2.37. The van der Waals surface area contributed by atoms with Crippen molar-refractivity contribution >= 4 is 28.8 Å². The fraction of sp³-hybridized carbons (Fsp3) is 0.455. The highest BCUT2D eigenvalue weighted by atomic mass is 32.1. The van der Waals surface area contributed by atoms with Crippen LogP contribution >= 0.6 is 11.3 Å². The molecule has 1 heterocycles. The summed E-state index contributed by atoms with van der Waals surface area (Å²) in [5.74, 6) is 0.433. The number of thiophene rings is 1. The highest BCUT2D eigenvalue weighted by molar-refractivity contribution is 7.12. The number of carbonyl (C=O) groups is 2. The first kappa shape index (κ1) is 19.2. The van der Waals surface area contributed by atoms with Gasteiger partial charge in [0, 0.05) is 30.2 Å². The van der Waals surface area contributed by atoms with Gasteiger partial charge in [0.05, 0.1) is 4.88 Å². The molecule has 5 nitrogen and oxygen atoms in total. The van der Waals surface area contributed by atoms with E-state index in [1.807, 2.05) is 41.8 Å². The molecule has 148 valence electrons. The zero-order valence-corrected chi connectivity index (χ0v) is 16.8. The zero-order valence-electron chi connectivity index (χ0n) is 16.0. The van der Waals surface area contributed by atoms with E-state index in [0.29, 0.717) is 23.4 Å². The van der Waals surface area contributed by atoms with Crippen molar-refractivity contribution in [2.75, 3.05) is 5.32 Å². The molecule has 28 heavy (non-hydrogen) atoms. The summed E-state index contributed by atoms with van der Waals surface area (Å²) in [6, 6.07) is 12.1. The Morgan fingerprint density at radius 2 is 1.75 bits per heavy atom. The van der Waals surface area contributed by atoms with Gasteiger partial charge in [-0.2, -0.15) is 0 Å². The molecule has 2 saturated carbocycles. The molecule has 0 spiro atoms. The van der Waals surface area contributed by atoms with E-state index < -0.39 is 0 Å². The van der Waals surface area contributed by atoms with Gasteiger partial charge in [0.2, 0.25) is 5.91 Å². The van der Waals surface area contributed by atoms with Crippen molar-refractivity contribution in [3.63, 3.8) is 0 Å². The number of nitrogens with zero attached hydrogens (tertiary/aromatic N) is 1. The fourth-order valence-corrected chi connectivity index (χ4v) is 4.47. The monoisotopic (exact) mass is 397 g/mol. The molecule has 0 radical (unpaired) electrons. The number of benzene rings is 1. The van der Waals surface area contributed by atoms with Gasteiger partial charge in [-0.15, -0.1) is 11.3 Å². The summed E-state index contributed by atoms with van der Waals surface area (Å²) < 4.78 is 0. The van der Waals surface area contributed by atoms with Crippen molar-refractivity contribution in [2.24, 2.45) is 11.7 Å². The molecule has 6 heteroatoms. The maximum Gasteiger partial charge on any atom is 0.265 e. The van der Waals surface area contributed by atoms with Crippen molar-refractivity contribution in [3.8, 4) is 0 Å². The summed E-state index contributed by atoms with van der Waals surface area (Å²) in [6.45, 7) is 0.633. The third-order valence-electron chi connectivity index (χ3n) is 5.70. The summed E-state index contributed by atoms with van der Waals surface area (Å²) in [5.41, 5.74) is 7.92. The Balaban J connectivity index is 1.41. The van der Waals surface area contributed by atoms with Crippen LogP contribution in [0.1, 0.15) is 53.8 Å². The molecule has 0 unspecified atom stereocenters. The van der Waals surface area contributed by atoms with Crippen LogP contribution in [0.5, 0.6) is 0 Å². The highest BCUT2D eigenvalue weighted by Crippen LogP contribution is 2.34. The second-order valence-electron chi connectivity index (χ2n) is 7.94. The maximum absolute atomic E-state index is 12.9. The van der Waals surface area contributed by atoms with Crippen molar-refractivity contribution in [1.29, 1.82) is 0 Å². The van der Waals surface area contributed by atoms with Crippen LogP contribution in [0.15, 0.2) is 41.8 Å². The van der Waals surface area contributed by atoms with Crippen LogP contribution in [-0.4, -0.2) is 28.8 Å². The lowest BCUT2D eigenvalue weighted by atomic mass is 9.90. The Hall–Kier alpha value is -2.18. The third-order valence-corrected chi connectivity index (χ3v) is 6.57. The average Bonchev–Trinajstić information content (AvgIpc) is 3.41. The predicted octanol–water partition coefficient (Wildman–Crippen LogP) is 4.01. The molecular weight excluding hydrogens is 370 g/mol. The minimum atomic E-state index is -0.0909. The summed E-state index contributed by atoms with van der Waals surface area (Å²) in [7, 11) is 0. The summed E-state index contributed by atoms with van der Waals surface area (Å²) >= 11 is 1.42. The normalized spacial score (nSPS) is 21.9. The van der Waals surface area contributed by atoms with Crippen molar-refractivity contribution in [3.05, 3.63) is 52.2 Å². The number of carbonyl (C=O) groups excluding carboxylic acids is 2. The molecule has 2 fully saturated rings. The van der Waals surface area contributed by atoms with Gasteiger partial charge < -0.3 is 16.0 Å². The van der Waals surface area contributed by atoms with E-state index in [9.17, 15) is 9.59 Å². The number of nitrogens with two attached hydrogens (primary N) is 1. The number of nitrogens with one attached hydrogen (secondary N) is 1. The molecule has 2 amide bonds. The Morgan fingerprint density at radius 1 is 1.04 bits per heavy atom. The lowest BCUT2D eigenvalue weighted by Crippen LogP contribution is -2.44. The van der Waals surface area contributed by atoms with E-state index in [-0.39, 0.29) is 17.9 Å². The topological polar surface area (TPSA) is 75.4 Å². The van der Waals surface area contributed by atoms with Gasteiger partial charge in [0.15, 0.2) is 0 Å². The van der Waals surface area contributed by atoms with Crippen LogP contribution in [-0.2, 0) is 11.3 Å². The quantitative estimate of drug-likeness (QED) is 0.773. The summed E-state index contributed by atoms with van der Waals surface area (Å²) in [5, 5.41) is 4.81. The molecule has 0 bridgehead atoms. The average molecular weight is 398 g/mol. The predicted molar refractivity (Wildman–Crippen MR) is 112 cm³/mol. The van der Waals surface area contributed by atoms with E-state index in [0.717, 1.165) is 49.8 Å². The lowest BCUT2D eigenvalue weighted by molar-refractivity contribution is -0.136. The molecule has 0 atom stereocenters. The van der Waals surface area contributed by atoms with Crippen LogP contribution in [0.25, 0.3) is 0 Å². The Bertz CT molecular complexity index is 807. The molecule has 4 rings (SSSR count). The van der Waals surface area contributed by atoms with Crippen molar-refractivity contribution in [1.82, 2.24) is 4.90 Å². The van der Waals surface area contributed by atoms with Crippen LogP contribution in [0, 0.1) is 5.92 Å². The largest absolute Gasteiger partial charge is 0.335 e. The van der Waals surface area contributed by atoms with Gasteiger partial charge in [-0.3, -0.25) is 9.59 Å². The maximum atomic E-state index is 12.9. The first-order valence-electron chi connectivity index (χ1n) is 10.1. The van der Waals surface area contributed by atoms with Crippen LogP contribution < -0.4 is 11.1 Å². The minimum absolute atomic E-state index is 0.0909. The summed E-state index contributed by atoms with van der Waals surface area (Å²) in [6.07, 6.45) is 6.02. The molecule has 2 aromatic rings. The van der Waals surface area contributed by atoms with Gasteiger partial charge in [-0.1, -0.05) is 18.2 Å². The van der Waals surface area contributed by atoms with E-state index in [4.69, 9.17) is 5.73 Å². The van der Waals surface area contributed by atoms with Gasteiger partial charge in [-0.25, -0.2) is 0 Å². The molecule has 1 aromatic carbocycles. The fourth-order valence-electron chi connectivity index (χ4n) is 3.86. The first-order chi connectivity index (χ1) is 13.6. The number of anilines is 1. The molecule has 1 aromatic heterocycles. The molecule has 2 aliphatic rings. The zero-order chi connectivity index (χ0) is 19.5. The first-order valence-corrected chi connectivity index (χ1v) is 11.0. The van der Waals surface area contributed by atoms with Crippen LogP contribution in [0.3, 0.4) is 0 Å². The van der Waals surface area contributed by atoms with Gasteiger partial charge in [0.25, 0.3) is 5.91 Å². The van der Waals surface area contributed by atoms with E-state index in [1.165, 1.54) is 11.3 Å². The molecular formula is C22H27N3O2S. The van der Waals surface area contributed by atoms with Crippen molar-refractivity contribution < 1.29 is 9.59 Å². The van der Waals surface area contributed by atoms with E-state index in [2.05, 4.69) is 10.2 Å². The second-order valence-corrected chi connectivity index (χ2v) is 8.89. The molecule has 2 aliphatic carbocycles. The molecule has 0 aliphatic heterocycles. The minimum Gasteiger partial charge on any atom is -0.335 e. The number of rotatable bonds is 6. The molecule has 3 N–H and O–H groups in total. The second kappa shape index (κ2) is 8.45. The lowest BCUT2D eigenvalue weighted by Gasteiger charge is -2.36. The third kappa shape index (κ3) is 4.62. The smallest absolute Gasteiger partial charge is 0.265 e. The standard InChI is InChI=1S/C22H27N3O2S/c23-17-7-11-19(12-8-17)25(22(27)16-5-6-16)14-15-3-9-18(10-4-15)24-21(26)20-2-1-13-28-20/h1-4,9-10,13,16-17,19H,5-8,11-12,14,23H2,(H,24,26). The van der Waals surface area contributed by atoms with E-state index >= 15 is 0 Å². The van der Waals surface area contributed by atoms with Gasteiger partial charge in [-0.05, 0) is 67.7 Å². The Kier molecular flexibility index (Phi) is 5.78. The molecule has 0 saturated heterocycles. The SMILES string of the molecule is NC1CCC(N(Cc2ccc(NC(=O)c3cccs3)cc2)C(=O)C2CC2)CC1. The Labute approximate surface area is 169 Å². The van der Waals surface area contributed by atoms with Crippen LogP contribution in [0.4, 0.5) is 5.69 Å². The number of hydrogen-bond acceptors (Lipinski definition) is 4. The van der Waals surface area contributed by atoms with Gasteiger partial charge >= 0.3 is 0 Å². The Morgan fingerprint density at radius 3 is 2.36 bits per heavy atom. The van der Waals surface area contributed by atoms with Crippen molar-refractivity contribution in [2.45, 2.75) is 57.2 Å². The van der Waals surface area contributed by atoms with E-state index in [1.54, 1.807) is 0 Å².